The van der Waals surface area contributed by atoms with E-state index in [9.17, 15) is 10.2 Å². The minimum Gasteiger partial charge on any atom is -0.394 e. The van der Waals surface area contributed by atoms with E-state index in [4.69, 9.17) is 9.47 Å². The topological polar surface area (TPSA) is 58.9 Å². The molecule has 118 valence electrons. The number of hydrogen-bond acceptors (Lipinski definition) is 4. The van der Waals surface area contributed by atoms with Gasteiger partial charge in [-0.2, -0.15) is 0 Å². The van der Waals surface area contributed by atoms with Crippen molar-refractivity contribution in [3.63, 3.8) is 0 Å². The second-order valence-electron chi connectivity index (χ2n) is 5.09. The van der Waals surface area contributed by atoms with Gasteiger partial charge in [-0.15, -0.1) is 0 Å². The maximum absolute atomic E-state index is 10.1. The van der Waals surface area contributed by atoms with Crippen LogP contribution < -0.4 is 0 Å². The molecular weight excluding hydrogens is 280 g/mol. The third-order valence-electron chi connectivity index (χ3n) is 3.32. The molecule has 0 heterocycles. The predicted molar refractivity (Wildman–Crippen MR) is 84.2 cm³/mol. The SMILES string of the molecule is OC[C@@H](OCc1ccccc1)[C@@H](O)COCc1ccccc1. The minimum atomic E-state index is -0.863. The van der Waals surface area contributed by atoms with Crippen LogP contribution in [0.1, 0.15) is 11.1 Å². The van der Waals surface area contributed by atoms with E-state index in [1.165, 1.54) is 0 Å². The zero-order valence-electron chi connectivity index (χ0n) is 12.5. The van der Waals surface area contributed by atoms with Crippen molar-refractivity contribution in [2.75, 3.05) is 13.2 Å². The van der Waals surface area contributed by atoms with Crippen LogP contribution in [-0.4, -0.2) is 35.6 Å². The fraction of sp³-hybridized carbons (Fsp3) is 0.333. The summed E-state index contributed by atoms with van der Waals surface area (Å²) in [4.78, 5) is 0. The van der Waals surface area contributed by atoms with Gasteiger partial charge in [0.25, 0.3) is 0 Å². The summed E-state index contributed by atoms with van der Waals surface area (Å²) in [5, 5.41) is 19.4. The average Bonchev–Trinajstić information content (AvgIpc) is 2.57. The molecule has 4 heteroatoms. The lowest BCUT2D eigenvalue weighted by molar-refractivity contribution is -0.0984. The average molecular weight is 302 g/mol. The van der Waals surface area contributed by atoms with Crippen molar-refractivity contribution in [3.8, 4) is 0 Å². The van der Waals surface area contributed by atoms with Crippen molar-refractivity contribution in [3.05, 3.63) is 71.8 Å². The highest BCUT2D eigenvalue weighted by atomic mass is 16.5. The third-order valence-corrected chi connectivity index (χ3v) is 3.32. The van der Waals surface area contributed by atoms with E-state index < -0.39 is 12.2 Å². The van der Waals surface area contributed by atoms with Crippen LogP contribution >= 0.6 is 0 Å². The van der Waals surface area contributed by atoms with Gasteiger partial charge >= 0.3 is 0 Å². The highest BCUT2D eigenvalue weighted by Gasteiger charge is 2.19. The largest absolute Gasteiger partial charge is 0.394 e. The molecule has 2 aromatic rings. The highest BCUT2D eigenvalue weighted by Crippen LogP contribution is 2.08. The Balaban J connectivity index is 1.73. The highest BCUT2D eigenvalue weighted by molar-refractivity contribution is 5.14. The van der Waals surface area contributed by atoms with E-state index in [2.05, 4.69) is 0 Å². The maximum Gasteiger partial charge on any atom is 0.109 e. The van der Waals surface area contributed by atoms with Gasteiger partial charge in [0, 0.05) is 0 Å². The van der Waals surface area contributed by atoms with Crippen molar-refractivity contribution >= 4 is 0 Å². The lowest BCUT2D eigenvalue weighted by Gasteiger charge is -2.21. The minimum absolute atomic E-state index is 0.120. The van der Waals surface area contributed by atoms with E-state index in [0.29, 0.717) is 13.2 Å². The molecule has 22 heavy (non-hydrogen) atoms. The summed E-state index contributed by atoms with van der Waals surface area (Å²) >= 11 is 0. The van der Waals surface area contributed by atoms with Crippen LogP contribution in [0, 0.1) is 0 Å². The smallest absolute Gasteiger partial charge is 0.109 e. The van der Waals surface area contributed by atoms with E-state index >= 15 is 0 Å². The quantitative estimate of drug-likeness (QED) is 0.745. The molecule has 0 saturated carbocycles. The molecule has 0 unspecified atom stereocenters. The summed E-state index contributed by atoms with van der Waals surface area (Å²) in [6.45, 7) is 0.647. The number of aliphatic hydroxyl groups excluding tert-OH is 2. The van der Waals surface area contributed by atoms with Crippen LogP contribution in [0.25, 0.3) is 0 Å². The number of ether oxygens (including phenoxy) is 2. The lowest BCUT2D eigenvalue weighted by atomic mass is 10.2. The van der Waals surface area contributed by atoms with Crippen LogP contribution in [-0.2, 0) is 22.7 Å². The van der Waals surface area contributed by atoms with Gasteiger partial charge < -0.3 is 19.7 Å². The normalized spacial score (nSPS) is 13.7. The Morgan fingerprint density at radius 3 is 1.91 bits per heavy atom. The molecular formula is C18H22O4. The molecule has 0 bridgehead atoms. The molecule has 2 rings (SSSR count). The van der Waals surface area contributed by atoms with Gasteiger partial charge in [-0.3, -0.25) is 0 Å². The second kappa shape index (κ2) is 9.33. The Morgan fingerprint density at radius 2 is 1.36 bits per heavy atom. The summed E-state index contributed by atoms with van der Waals surface area (Å²) in [5.74, 6) is 0. The van der Waals surface area contributed by atoms with E-state index in [1.807, 2.05) is 60.7 Å². The maximum atomic E-state index is 10.1. The van der Waals surface area contributed by atoms with Crippen molar-refractivity contribution in [2.24, 2.45) is 0 Å². The first-order valence-electron chi connectivity index (χ1n) is 7.35. The van der Waals surface area contributed by atoms with Gasteiger partial charge in [0.05, 0.1) is 26.4 Å². The Bertz CT molecular complexity index is 515. The third kappa shape index (κ3) is 5.58. The molecule has 2 atom stereocenters. The van der Waals surface area contributed by atoms with Gasteiger partial charge in [-0.05, 0) is 11.1 Å². The zero-order chi connectivity index (χ0) is 15.6. The Kier molecular flexibility index (Phi) is 7.06. The van der Waals surface area contributed by atoms with Crippen molar-refractivity contribution < 1.29 is 19.7 Å². The second-order valence-corrected chi connectivity index (χ2v) is 5.09. The first-order chi connectivity index (χ1) is 10.8. The van der Waals surface area contributed by atoms with Crippen LogP contribution in [0.5, 0.6) is 0 Å². The summed E-state index contributed by atoms with van der Waals surface area (Å²) in [5.41, 5.74) is 2.04. The zero-order valence-corrected chi connectivity index (χ0v) is 12.5. The monoisotopic (exact) mass is 302 g/mol. The summed E-state index contributed by atoms with van der Waals surface area (Å²) in [7, 11) is 0. The van der Waals surface area contributed by atoms with Gasteiger partial charge in [0.15, 0.2) is 0 Å². The first kappa shape index (κ1) is 16.6. The molecule has 0 amide bonds. The molecule has 4 nitrogen and oxygen atoms in total. The van der Waals surface area contributed by atoms with E-state index in [1.54, 1.807) is 0 Å². The molecule has 2 aromatic carbocycles. The van der Waals surface area contributed by atoms with Crippen LogP contribution in [0.3, 0.4) is 0 Å². The standard InChI is InChI=1S/C18H22O4/c19-11-18(22-13-16-9-5-2-6-10-16)17(20)14-21-12-15-7-3-1-4-8-15/h1-10,17-20H,11-14H2/t17-,18+/m0/s1. The molecule has 0 fully saturated rings. The summed E-state index contributed by atoms with van der Waals surface area (Å²) < 4.78 is 11.0. The fourth-order valence-corrected chi connectivity index (χ4v) is 2.04. The molecule has 0 aromatic heterocycles. The van der Waals surface area contributed by atoms with Crippen LogP contribution in [0.4, 0.5) is 0 Å². The molecule has 2 N–H and O–H groups in total. The number of aliphatic hydroxyl groups is 2. The molecule has 0 aliphatic carbocycles. The van der Waals surface area contributed by atoms with E-state index in [-0.39, 0.29) is 13.2 Å². The Hall–Kier alpha value is -1.72. The number of hydrogen-bond donors (Lipinski definition) is 2. The van der Waals surface area contributed by atoms with Gasteiger partial charge in [-0.1, -0.05) is 60.7 Å². The van der Waals surface area contributed by atoms with Crippen molar-refractivity contribution in [1.82, 2.24) is 0 Å². The molecule has 0 radical (unpaired) electrons. The Labute approximate surface area is 130 Å². The predicted octanol–water partition coefficient (Wildman–Crippen LogP) is 2.14. The van der Waals surface area contributed by atoms with E-state index in [0.717, 1.165) is 11.1 Å². The molecule has 0 saturated heterocycles. The van der Waals surface area contributed by atoms with Crippen LogP contribution in [0.2, 0.25) is 0 Å². The summed E-state index contributed by atoms with van der Waals surface area (Å²) in [6.07, 6.45) is -1.52. The fourth-order valence-electron chi connectivity index (χ4n) is 2.04. The molecule has 0 aliphatic heterocycles. The Morgan fingerprint density at radius 1 is 0.818 bits per heavy atom. The van der Waals surface area contributed by atoms with Gasteiger partial charge in [-0.25, -0.2) is 0 Å². The number of rotatable bonds is 9. The van der Waals surface area contributed by atoms with Crippen molar-refractivity contribution in [2.45, 2.75) is 25.4 Å². The van der Waals surface area contributed by atoms with Crippen molar-refractivity contribution in [1.29, 1.82) is 0 Å². The van der Waals surface area contributed by atoms with Gasteiger partial charge in [0.2, 0.25) is 0 Å². The van der Waals surface area contributed by atoms with Crippen LogP contribution in [0.15, 0.2) is 60.7 Å². The molecule has 0 spiro atoms. The van der Waals surface area contributed by atoms with Gasteiger partial charge in [0.1, 0.15) is 12.2 Å². The summed E-state index contributed by atoms with van der Waals surface area (Å²) in [6, 6.07) is 19.4. The number of benzene rings is 2. The first-order valence-corrected chi connectivity index (χ1v) is 7.35. The lowest BCUT2D eigenvalue weighted by Crippen LogP contribution is -2.35. The molecule has 0 aliphatic rings.